The average Bonchev–Trinajstić information content (AvgIpc) is 3.26. The van der Waals surface area contributed by atoms with E-state index >= 15 is 0 Å². The van der Waals surface area contributed by atoms with Gasteiger partial charge in [0, 0.05) is 44.3 Å². The van der Waals surface area contributed by atoms with Crippen molar-refractivity contribution in [2.45, 2.75) is 57.4 Å². The highest BCUT2D eigenvalue weighted by Crippen LogP contribution is 2.28. The van der Waals surface area contributed by atoms with Gasteiger partial charge in [-0.3, -0.25) is 9.69 Å². The number of hydrogen-bond donors (Lipinski definition) is 1. The predicted octanol–water partition coefficient (Wildman–Crippen LogP) is 4.37. The number of hydrogen-bond acceptors (Lipinski definition) is 3. The Morgan fingerprint density at radius 2 is 1.87 bits per heavy atom. The summed E-state index contributed by atoms with van der Waals surface area (Å²) < 4.78 is 13.5. The lowest BCUT2D eigenvalue weighted by molar-refractivity contribution is -0.122. The highest BCUT2D eigenvalue weighted by atomic mass is 19.1. The van der Waals surface area contributed by atoms with E-state index in [1.165, 1.54) is 25.3 Å². The molecule has 30 heavy (non-hydrogen) atoms. The first-order chi connectivity index (χ1) is 14.7. The van der Waals surface area contributed by atoms with Crippen LogP contribution in [0.2, 0.25) is 0 Å². The van der Waals surface area contributed by atoms with Crippen LogP contribution >= 0.6 is 0 Å². The largest absolute Gasteiger partial charge is 0.369 e. The fraction of sp³-hybridized carbons (Fsp3) is 0.640. The first-order valence-electron chi connectivity index (χ1n) is 11.8. The van der Waals surface area contributed by atoms with Gasteiger partial charge in [0.05, 0.1) is 0 Å². The molecule has 2 fully saturated rings. The maximum atomic E-state index is 13.5. The summed E-state index contributed by atoms with van der Waals surface area (Å²) in [6.45, 7) is 5.21. The third-order valence-corrected chi connectivity index (χ3v) is 7.17. The Hall–Kier alpha value is -1.88. The van der Waals surface area contributed by atoms with E-state index in [2.05, 4.69) is 27.3 Å². The molecule has 4 nitrogen and oxygen atoms in total. The molecule has 2 aliphatic carbocycles. The highest BCUT2D eigenvalue weighted by Gasteiger charge is 2.25. The maximum Gasteiger partial charge on any atom is 0.220 e. The van der Waals surface area contributed by atoms with Gasteiger partial charge < -0.3 is 10.2 Å². The fourth-order valence-corrected chi connectivity index (χ4v) is 5.25. The number of carbonyl (C=O) groups excluding carboxylic acids is 1. The molecule has 1 aliphatic heterocycles. The van der Waals surface area contributed by atoms with Crippen molar-refractivity contribution in [1.29, 1.82) is 0 Å². The Bertz CT molecular complexity index is 721. The van der Waals surface area contributed by atoms with Gasteiger partial charge >= 0.3 is 0 Å². The van der Waals surface area contributed by atoms with E-state index in [0.717, 1.165) is 70.0 Å². The number of nitrogens with one attached hydrogen (secondary N) is 1. The van der Waals surface area contributed by atoms with Crippen molar-refractivity contribution in [3.05, 3.63) is 42.2 Å². The first kappa shape index (κ1) is 21.4. The lowest BCUT2D eigenvalue weighted by Crippen LogP contribution is -2.47. The number of anilines is 1. The molecule has 1 saturated carbocycles. The van der Waals surface area contributed by atoms with E-state index in [1.807, 2.05) is 6.07 Å². The van der Waals surface area contributed by atoms with Crippen molar-refractivity contribution < 1.29 is 9.18 Å². The quantitative estimate of drug-likeness (QED) is 0.675. The summed E-state index contributed by atoms with van der Waals surface area (Å²) in [5, 5.41) is 3.28. The third-order valence-electron chi connectivity index (χ3n) is 7.17. The first-order valence-corrected chi connectivity index (χ1v) is 11.8. The number of amides is 1. The molecule has 0 radical (unpaired) electrons. The molecule has 0 aromatic heterocycles. The van der Waals surface area contributed by atoms with Gasteiger partial charge in [0.1, 0.15) is 5.82 Å². The van der Waals surface area contributed by atoms with E-state index in [0.29, 0.717) is 18.4 Å². The van der Waals surface area contributed by atoms with Crippen molar-refractivity contribution in [2.75, 3.05) is 37.6 Å². The molecule has 4 rings (SSSR count). The molecule has 1 unspecified atom stereocenters. The number of halogens is 1. The van der Waals surface area contributed by atoms with Gasteiger partial charge in [-0.1, -0.05) is 18.2 Å². The Balaban J connectivity index is 1.10. The SMILES string of the molecule is O=C(CC1C=CCC1)NC1CCC(CCN2CCN(c3cccc(F)c3)CC2)CC1. The zero-order chi connectivity index (χ0) is 20.8. The van der Waals surface area contributed by atoms with Gasteiger partial charge in [-0.15, -0.1) is 0 Å². The summed E-state index contributed by atoms with van der Waals surface area (Å²) >= 11 is 0. The van der Waals surface area contributed by atoms with Crippen molar-refractivity contribution in [3.63, 3.8) is 0 Å². The molecule has 1 N–H and O–H groups in total. The molecule has 1 amide bonds. The summed E-state index contributed by atoms with van der Waals surface area (Å²) in [4.78, 5) is 17.1. The Morgan fingerprint density at radius 3 is 2.57 bits per heavy atom. The molecule has 1 aromatic rings. The minimum atomic E-state index is -0.155. The Labute approximate surface area is 180 Å². The van der Waals surface area contributed by atoms with Gasteiger partial charge in [-0.2, -0.15) is 0 Å². The zero-order valence-electron chi connectivity index (χ0n) is 18.1. The second-order valence-corrected chi connectivity index (χ2v) is 9.35. The van der Waals surface area contributed by atoms with E-state index in [1.54, 1.807) is 12.1 Å². The van der Waals surface area contributed by atoms with Gasteiger partial charge in [-0.05, 0) is 81.5 Å². The molecular formula is C25H36FN3O. The molecule has 164 valence electrons. The van der Waals surface area contributed by atoms with Crippen molar-refractivity contribution >= 4 is 11.6 Å². The Morgan fingerprint density at radius 1 is 1.07 bits per heavy atom. The molecule has 0 bridgehead atoms. The lowest BCUT2D eigenvalue weighted by Gasteiger charge is -2.37. The molecule has 1 saturated heterocycles. The molecule has 0 spiro atoms. The van der Waals surface area contributed by atoms with Crippen LogP contribution in [-0.4, -0.2) is 49.6 Å². The fourth-order valence-electron chi connectivity index (χ4n) is 5.25. The summed E-state index contributed by atoms with van der Waals surface area (Å²) in [6, 6.07) is 7.32. The number of rotatable bonds is 7. The van der Waals surface area contributed by atoms with E-state index in [9.17, 15) is 9.18 Å². The second kappa shape index (κ2) is 10.4. The van der Waals surface area contributed by atoms with Crippen molar-refractivity contribution in [2.24, 2.45) is 11.8 Å². The maximum absolute atomic E-state index is 13.5. The topological polar surface area (TPSA) is 35.6 Å². The Kier molecular flexibility index (Phi) is 7.42. The number of piperazine rings is 1. The molecule has 1 atom stereocenters. The number of allylic oxidation sites excluding steroid dienone is 2. The summed E-state index contributed by atoms with van der Waals surface area (Å²) in [6.07, 6.45) is 13.3. The predicted molar refractivity (Wildman–Crippen MR) is 120 cm³/mol. The van der Waals surface area contributed by atoms with E-state index < -0.39 is 0 Å². The molecule has 5 heteroatoms. The molecule has 1 aromatic carbocycles. The molecule has 3 aliphatic rings. The zero-order valence-corrected chi connectivity index (χ0v) is 18.1. The van der Waals surface area contributed by atoms with E-state index in [-0.39, 0.29) is 11.7 Å². The van der Waals surface area contributed by atoms with Crippen LogP contribution in [0.25, 0.3) is 0 Å². The van der Waals surface area contributed by atoms with Crippen LogP contribution < -0.4 is 10.2 Å². The minimum absolute atomic E-state index is 0.155. The van der Waals surface area contributed by atoms with Crippen LogP contribution in [0, 0.1) is 17.7 Å². The van der Waals surface area contributed by atoms with Crippen LogP contribution in [0.3, 0.4) is 0 Å². The summed E-state index contributed by atoms with van der Waals surface area (Å²) in [5.41, 5.74) is 0.999. The standard InChI is InChI=1S/C25H36FN3O/c26-22-6-3-7-24(19-22)29-16-14-28(15-17-29)13-12-20-8-10-23(11-9-20)27-25(30)18-21-4-1-2-5-21/h1,3-4,6-7,19-21,23H,2,5,8-18H2,(H,27,30). The minimum Gasteiger partial charge on any atom is -0.369 e. The van der Waals surface area contributed by atoms with Crippen LogP contribution in [0.5, 0.6) is 0 Å². The molecular weight excluding hydrogens is 377 g/mol. The second-order valence-electron chi connectivity index (χ2n) is 9.35. The summed E-state index contributed by atoms with van der Waals surface area (Å²) in [7, 11) is 0. The third kappa shape index (κ3) is 6.07. The van der Waals surface area contributed by atoms with Crippen LogP contribution in [0.1, 0.15) is 51.4 Å². The molecule has 1 heterocycles. The van der Waals surface area contributed by atoms with Gasteiger partial charge in [0.2, 0.25) is 5.91 Å². The number of benzene rings is 1. The number of carbonyl (C=O) groups is 1. The number of nitrogens with zero attached hydrogens (tertiary/aromatic N) is 2. The van der Waals surface area contributed by atoms with E-state index in [4.69, 9.17) is 0 Å². The van der Waals surface area contributed by atoms with Gasteiger partial charge in [0.15, 0.2) is 0 Å². The lowest BCUT2D eigenvalue weighted by atomic mass is 9.84. The van der Waals surface area contributed by atoms with Gasteiger partial charge in [0.25, 0.3) is 0 Å². The van der Waals surface area contributed by atoms with Crippen molar-refractivity contribution in [3.8, 4) is 0 Å². The van der Waals surface area contributed by atoms with Gasteiger partial charge in [-0.25, -0.2) is 4.39 Å². The summed E-state index contributed by atoms with van der Waals surface area (Å²) in [5.74, 6) is 1.34. The highest BCUT2D eigenvalue weighted by molar-refractivity contribution is 5.76. The van der Waals surface area contributed by atoms with Crippen LogP contribution in [-0.2, 0) is 4.79 Å². The van der Waals surface area contributed by atoms with Crippen LogP contribution in [0.4, 0.5) is 10.1 Å². The normalized spacial score (nSPS) is 27.4. The average molecular weight is 414 g/mol. The van der Waals surface area contributed by atoms with Crippen LogP contribution in [0.15, 0.2) is 36.4 Å². The monoisotopic (exact) mass is 413 g/mol. The smallest absolute Gasteiger partial charge is 0.220 e. The van der Waals surface area contributed by atoms with Crippen molar-refractivity contribution in [1.82, 2.24) is 10.2 Å².